The minimum atomic E-state index is -0.378. The molecule has 0 radical (unpaired) electrons. The molecule has 0 aromatic heterocycles. The molecule has 2 N–H and O–H groups in total. The molecular formula is C17H18N2O2S. The molecule has 2 rings (SSSR count). The SMILES string of the molecule is COC(=O)c1cccc(NC(=S)Nc2cc(C)cc(C)c2)c1. The molecule has 0 spiro atoms. The molecule has 0 aliphatic carbocycles. The van der Waals surface area contributed by atoms with Gasteiger partial charge in [0.05, 0.1) is 12.7 Å². The summed E-state index contributed by atoms with van der Waals surface area (Å²) >= 11 is 5.30. The minimum absolute atomic E-state index is 0.378. The Balaban J connectivity index is 2.07. The van der Waals surface area contributed by atoms with Gasteiger partial charge in [0.25, 0.3) is 0 Å². The number of thiocarbonyl (C=S) groups is 1. The number of benzene rings is 2. The summed E-state index contributed by atoms with van der Waals surface area (Å²) in [7, 11) is 1.36. The maximum absolute atomic E-state index is 11.5. The number of aryl methyl sites for hydroxylation is 2. The Kier molecular flexibility index (Phi) is 5.12. The highest BCUT2D eigenvalue weighted by Crippen LogP contribution is 2.15. The molecule has 0 unspecified atom stereocenters. The molecule has 22 heavy (non-hydrogen) atoms. The van der Waals surface area contributed by atoms with Crippen molar-refractivity contribution < 1.29 is 9.53 Å². The maximum atomic E-state index is 11.5. The van der Waals surface area contributed by atoms with Gasteiger partial charge < -0.3 is 15.4 Å². The first kappa shape index (κ1) is 16.0. The zero-order chi connectivity index (χ0) is 16.1. The predicted octanol–water partition coefficient (Wildman–Crippen LogP) is 3.90. The lowest BCUT2D eigenvalue weighted by Gasteiger charge is -2.12. The van der Waals surface area contributed by atoms with Crippen molar-refractivity contribution in [2.45, 2.75) is 13.8 Å². The van der Waals surface area contributed by atoms with Crippen LogP contribution in [0.3, 0.4) is 0 Å². The summed E-state index contributed by atoms with van der Waals surface area (Å²) in [6.45, 7) is 4.07. The van der Waals surface area contributed by atoms with Crippen molar-refractivity contribution in [1.29, 1.82) is 0 Å². The second-order valence-electron chi connectivity index (χ2n) is 5.03. The van der Waals surface area contributed by atoms with E-state index >= 15 is 0 Å². The van der Waals surface area contributed by atoms with Gasteiger partial charge in [-0.25, -0.2) is 4.79 Å². The molecule has 0 aliphatic heterocycles. The summed E-state index contributed by atoms with van der Waals surface area (Å²) in [5.74, 6) is -0.378. The first-order valence-electron chi connectivity index (χ1n) is 6.82. The van der Waals surface area contributed by atoms with E-state index in [9.17, 15) is 4.79 Å². The molecule has 114 valence electrons. The normalized spacial score (nSPS) is 9.95. The Hall–Kier alpha value is -2.40. The third-order valence-corrected chi connectivity index (χ3v) is 3.23. The second kappa shape index (κ2) is 7.04. The zero-order valence-electron chi connectivity index (χ0n) is 12.8. The first-order chi connectivity index (χ1) is 10.5. The third-order valence-electron chi connectivity index (χ3n) is 3.02. The van der Waals surface area contributed by atoms with Crippen molar-refractivity contribution in [2.75, 3.05) is 17.7 Å². The van der Waals surface area contributed by atoms with Crippen molar-refractivity contribution >= 4 is 34.7 Å². The Labute approximate surface area is 135 Å². The van der Waals surface area contributed by atoms with E-state index in [0.717, 1.165) is 22.5 Å². The van der Waals surface area contributed by atoms with Crippen LogP contribution in [0.2, 0.25) is 0 Å². The monoisotopic (exact) mass is 314 g/mol. The number of carbonyl (C=O) groups excluding carboxylic acids is 1. The van der Waals surface area contributed by atoms with Crippen molar-refractivity contribution in [3.8, 4) is 0 Å². The fourth-order valence-electron chi connectivity index (χ4n) is 2.18. The first-order valence-corrected chi connectivity index (χ1v) is 7.23. The molecule has 0 amide bonds. The second-order valence-corrected chi connectivity index (χ2v) is 5.44. The number of anilines is 2. The van der Waals surface area contributed by atoms with Crippen LogP contribution in [0.25, 0.3) is 0 Å². The van der Waals surface area contributed by atoms with Crippen LogP contribution in [0.4, 0.5) is 11.4 Å². The van der Waals surface area contributed by atoms with Crippen LogP contribution in [0, 0.1) is 13.8 Å². The van der Waals surface area contributed by atoms with E-state index in [-0.39, 0.29) is 5.97 Å². The summed E-state index contributed by atoms with van der Waals surface area (Å²) in [5, 5.41) is 6.66. The lowest BCUT2D eigenvalue weighted by Crippen LogP contribution is -2.19. The fourth-order valence-corrected chi connectivity index (χ4v) is 2.42. The van der Waals surface area contributed by atoms with Gasteiger partial charge in [-0.3, -0.25) is 0 Å². The smallest absolute Gasteiger partial charge is 0.337 e. The molecular weight excluding hydrogens is 296 g/mol. The number of esters is 1. The van der Waals surface area contributed by atoms with Crippen molar-refractivity contribution in [1.82, 2.24) is 0 Å². The number of hydrogen-bond acceptors (Lipinski definition) is 3. The molecule has 4 nitrogen and oxygen atoms in total. The Morgan fingerprint density at radius 2 is 1.64 bits per heavy atom. The average molecular weight is 314 g/mol. The number of methoxy groups -OCH3 is 1. The summed E-state index contributed by atoms with van der Waals surface area (Å²) < 4.78 is 4.70. The van der Waals surface area contributed by atoms with Crippen LogP contribution in [-0.4, -0.2) is 18.2 Å². The lowest BCUT2D eigenvalue weighted by molar-refractivity contribution is 0.0601. The van der Waals surface area contributed by atoms with Gasteiger partial charge in [0, 0.05) is 11.4 Å². The van der Waals surface area contributed by atoms with E-state index in [2.05, 4.69) is 16.7 Å². The van der Waals surface area contributed by atoms with Crippen LogP contribution in [0.15, 0.2) is 42.5 Å². The van der Waals surface area contributed by atoms with Gasteiger partial charge in [-0.1, -0.05) is 12.1 Å². The fraction of sp³-hybridized carbons (Fsp3) is 0.176. The zero-order valence-corrected chi connectivity index (χ0v) is 13.6. The highest BCUT2D eigenvalue weighted by Gasteiger charge is 2.06. The molecule has 2 aromatic carbocycles. The molecule has 0 fully saturated rings. The van der Waals surface area contributed by atoms with E-state index in [1.165, 1.54) is 7.11 Å². The lowest BCUT2D eigenvalue weighted by atomic mass is 10.1. The highest BCUT2D eigenvalue weighted by atomic mass is 32.1. The van der Waals surface area contributed by atoms with Crippen LogP contribution < -0.4 is 10.6 Å². The summed E-state index contributed by atoms with van der Waals surface area (Å²) in [4.78, 5) is 11.5. The quantitative estimate of drug-likeness (QED) is 0.665. The van der Waals surface area contributed by atoms with Crippen molar-refractivity contribution in [3.63, 3.8) is 0 Å². The number of rotatable bonds is 3. The highest BCUT2D eigenvalue weighted by molar-refractivity contribution is 7.80. The number of ether oxygens (including phenoxy) is 1. The van der Waals surface area contributed by atoms with E-state index in [1.54, 1.807) is 18.2 Å². The largest absolute Gasteiger partial charge is 0.465 e. The van der Waals surface area contributed by atoms with Gasteiger partial charge >= 0.3 is 5.97 Å². The van der Waals surface area contributed by atoms with Gasteiger partial charge in [-0.15, -0.1) is 0 Å². The van der Waals surface area contributed by atoms with Crippen LogP contribution in [0.5, 0.6) is 0 Å². The third kappa shape index (κ3) is 4.30. The molecule has 5 heteroatoms. The Bertz CT molecular complexity index is 693. The Morgan fingerprint density at radius 1 is 1.00 bits per heavy atom. The molecule has 0 atom stereocenters. The van der Waals surface area contributed by atoms with Crippen LogP contribution >= 0.6 is 12.2 Å². The number of nitrogens with one attached hydrogen (secondary N) is 2. The summed E-state index contributed by atoms with van der Waals surface area (Å²) in [6, 6.07) is 13.1. The van der Waals surface area contributed by atoms with Crippen molar-refractivity contribution in [3.05, 3.63) is 59.2 Å². The minimum Gasteiger partial charge on any atom is -0.465 e. The molecule has 0 aliphatic rings. The van der Waals surface area contributed by atoms with Crippen molar-refractivity contribution in [2.24, 2.45) is 0 Å². The van der Waals surface area contributed by atoms with E-state index in [1.807, 2.05) is 32.0 Å². The van der Waals surface area contributed by atoms with Crippen LogP contribution in [0.1, 0.15) is 21.5 Å². The molecule has 0 bridgehead atoms. The number of hydrogen-bond donors (Lipinski definition) is 2. The topological polar surface area (TPSA) is 50.4 Å². The molecule has 0 saturated carbocycles. The van der Waals surface area contributed by atoms with E-state index < -0.39 is 0 Å². The number of carbonyl (C=O) groups is 1. The van der Waals surface area contributed by atoms with E-state index in [0.29, 0.717) is 10.7 Å². The Morgan fingerprint density at radius 3 is 2.27 bits per heavy atom. The summed E-state index contributed by atoms with van der Waals surface area (Å²) in [6.07, 6.45) is 0. The van der Waals surface area contributed by atoms with Gasteiger partial charge in [-0.05, 0) is 67.5 Å². The molecule has 0 heterocycles. The van der Waals surface area contributed by atoms with Gasteiger partial charge in [0.15, 0.2) is 5.11 Å². The average Bonchev–Trinajstić information content (AvgIpc) is 2.45. The van der Waals surface area contributed by atoms with Gasteiger partial charge in [-0.2, -0.15) is 0 Å². The van der Waals surface area contributed by atoms with Gasteiger partial charge in [0.2, 0.25) is 0 Å². The predicted molar refractivity (Wildman–Crippen MR) is 93.5 cm³/mol. The van der Waals surface area contributed by atoms with E-state index in [4.69, 9.17) is 17.0 Å². The van der Waals surface area contributed by atoms with Crippen LogP contribution in [-0.2, 0) is 4.74 Å². The standard InChI is InChI=1S/C17H18N2O2S/c1-11-7-12(2)9-15(8-11)19-17(22)18-14-6-4-5-13(10-14)16(20)21-3/h4-10H,1-3H3,(H2,18,19,22). The maximum Gasteiger partial charge on any atom is 0.337 e. The van der Waals surface area contributed by atoms with Gasteiger partial charge in [0.1, 0.15) is 0 Å². The molecule has 0 saturated heterocycles. The molecule has 2 aromatic rings. The summed E-state index contributed by atoms with van der Waals surface area (Å²) in [5.41, 5.74) is 4.46.